The van der Waals surface area contributed by atoms with Crippen LogP contribution in [0.1, 0.15) is 20.8 Å². The predicted octanol–water partition coefficient (Wildman–Crippen LogP) is 2.24. The summed E-state index contributed by atoms with van der Waals surface area (Å²) in [6.07, 6.45) is 1.80. The molecule has 0 spiro atoms. The van der Waals surface area contributed by atoms with Gasteiger partial charge in [-0.3, -0.25) is 0 Å². The van der Waals surface area contributed by atoms with Gasteiger partial charge in [0, 0.05) is 19.2 Å². The van der Waals surface area contributed by atoms with Crippen molar-refractivity contribution in [2.45, 2.75) is 32.5 Å². The lowest BCUT2D eigenvalue weighted by Crippen LogP contribution is -2.52. The molecule has 0 saturated carbocycles. The van der Waals surface area contributed by atoms with E-state index in [-0.39, 0.29) is 11.7 Å². The maximum Gasteiger partial charge on any atom is 0.133 e. The number of anilines is 1. The van der Waals surface area contributed by atoms with Crippen LogP contribution in [0.25, 0.3) is 0 Å². The summed E-state index contributed by atoms with van der Waals surface area (Å²) in [5.41, 5.74) is -0.130. The van der Waals surface area contributed by atoms with Gasteiger partial charge in [0.25, 0.3) is 0 Å². The third-order valence-corrected chi connectivity index (χ3v) is 2.95. The number of rotatable bonds is 1. The van der Waals surface area contributed by atoms with Gasteiger partial charge in [-0.1, -0.05) is 0 Å². The zero-order valence-electron chi connectivity index (χ0n) is 9.77. The normalized spacial score (nSPS) is 24.5. The van der Waals surface area contributed by atoms with Gasteiger partial charge in [0.2, 0.25) is 0 Å². The van der Waals surface area contributed by atoms with Gasteiger partial charge in [-0.15, -0.1) is 0 Å². The van der Waals surface area contributed by atoms with Crippen molar-refractivity contribution in [2.24, 2.45) is 0 Å². The van der Waals surface area contributed by atoms with Crippen LogP contribution in [0.4, 0.5) is 5.82 Å². The van der Waals surface area contributed by atoms with E-state index in [2.05, 4.69) is 51.6 Å². The molecule has 0 bridgehead atoms. The van der Waals surface area contributed by atoms with E-state index >= 15 is 0 Å². The van der Waals surface area contributed by atoms with Crippen LogP contribution in [0.3, 0.4) is 0 Å². The third-order valence-electron chi connectivity index (χ3n) is 2.51. The Morgan fingerprint density at radius 1 is 1.50 bits per heavy atom. The summed E-state index contributed by atoms with van der Waals surface area (Å²) in [6.45, 7) is 8.01. The maximum absolute atomic E-state index is 5.86. The van der Waals surface area contributed by atoms with Crippen LogP contribution in [0.15, 0.2) is 17.0 Å². The average molecular weight is 286 g/mol. The summed E-state index contributed by atoms with van der Waals surface area (Å²) in [7, 11) is 0. The lowest BCUT2D eigenvalue weighted by atomic mass is 10.1. The number of halogens is 1. The van der Waals surface area contributed by atoms with Gasteiger partial charge < -0.3 is 9.64 Å². The van der Waals surface area contributed by atoms with Crippen molar-refractivity contribution in [1.29, 1.82) is 0 Å². The van der Waals surface area contributed by atoms with Crippen LogP contribution in [0, 0.1) is 0 Å². The van der Waals surface area contributed by atoms with Crippen LogP contribution < -0.4 is 4.90 Å². The van der Waals surface area contributed by atoms with Crippen molar-refractivity contribution < 1.29 is 4.74 Å². The molecule has 2 heterocycles. The fourth-order valence-corrected chi connectivity index (χ4v) is 2.42. The molecule has 0 amide bonds. The molecule has 0 radical (unpaired) electrons. The van der Waals surface area contributed by atoms with E-state index < -0.39 is 0 Å². The Bertz CT molecular complexity index is 383. The minimum absolute atomic E-state index is 0.130. The van der Waals surface area contributed by atoms with Crippen molar-refractivity contribution in [3.63, 3.8) is 0 Å². The number of hydrogen-bond donors (Lipinski definition) is 0. The Labute approximate surface area is 104 Å². The first kappa shape index (κ1) is 11.8. The van der Waals surface area contributed by atoms with Crippen LogP contribution in [0.5, 0.6) is 0 Å². The van der Waals surface area contributed by atoms with E-state index in [1.807, 2.05) is 6.07 Å². The van der Waals surface area contributed by atoms with Gasteiger partial charge >= 0.3 is 0 Å². The molecule has 5 heteroatoms. The first-order valence-electron chi connectivity index (χ1n) is 5.36. The summed E-state index contributed by atoms with van der Waals surface area (Å²) < 4.78 is 6.67. The van der Waals surface area contributed by atoms with Crippen LogP contribution in [0.2, 0.25) is 0 Å². The second kappa shape index (κ2) is 4.30. The summed E-state index contributed by atoms with van der Waals surface area (Å²) in [5.74, 6) is 0.949. The molecule has 1 aromatic rings. The van der Waals surface area contributed by atoms with Gasteiger partial charge in [-0.2, -0.15) is 0 Å². The molecule has 1 unspecified atom stereocenters. The summed E-state index contributed by atoms with van der Waals surface area (Å²) in [6, 6.07) is 1.94. The molecule has 0 aromatic carbocycles. The highest BCUT2D eigenvalue weighted by Gasteiger charge is 2.31. The Kier molecular flexibility index (Phi) is 3.17. The second-order valence-corrected chi connectivity index (χ2v) is 5.58. The van der Waals surface area contributed by atoms with Gasteiger partial charge in [0.1, 0.15) is 16.7 Å². The smallest absolute Gasteiger partial charge is 0.133 e. The lowest BCUT2D eigenvalue weighted by Gasteiger charge is -2.42. The summed E-state index contributed by atoms with van der Waals surface area (Å²) in [4.78, 5) is 10.6. The predicted molar refractivity (Wildman–Crippen MR) is 66.6 cm³/mol. The fourth-order valence-electron chi connectivity index (χ4n) is 2.13. The Hall–Kier alpha value is -0.680. The minimum Gasteiger partial charge on any atom is -0.369 e. The highest BCUT2D eigenvalue weighted by molar-refractivity contribution is 9.10. The van der Waals surface area contributed by atoms with Crippen molar-refractivity contribution in [3.05, 3.63) is 17.0 Å². The molecule has 0 aliphatic carbocycles. The van der Waals surface area contributed by atoms with Crippen LogP contribution >= 0.6 is 15.9 Å². The molecule has 16 heavy (non-hydrogen) atoms. The van der Waals surface area contributed by atoms with Crippen LogP contribution in [-0.4, -0.2) is 34.8 Å². The largest absolute Gasteiger partial charge is 0.369 e. The summed E-state index contributed by atoms with van der Waals surface area (Å²) >= 11 is 3.36. The molecule has 4 nitrogen and oxygen atoms in total. The lowest BCUT2D eigenvalue weighted by molar-refractivity contribution is -0.0751. The van der Waals surface area contributed by atoms with Crippen molar-refractivity contribution in [1.82, 2.24) is 9.97 Å². The van der Waals surface area contributed by atoms with Crippen LogP contribution in [-0.2, 0) is 4.74 Å². The zero-order valence-corrected chi connectivity index (χ0v) is 11.4. The van der Waals surface area contributed by atoms with E-state index in [9.17, 15) is 0 Å². The SMILES string of the molecule is CC1CN(c2cc(Br)ncn2)CC(C)(C)O1. The molecule has 0 N–H and O–H groups in total. The van der Waals surface area contributed by atoms with E-state index in [1.165, 1.54) is 0 Å². The first-order valence-corrected chi connectivity index (χ1v) is 6.16. The molecule has 1 aliphatic rings. The molecule has 2 rings (SSSR count). The summed E-state index contributed by atoms with van der Waals surface area (Å²) in [5, 5.41) is 0. The molecule has 1 aromatic heterocycles. The number of nitrogens with zero attached hydrogens (tertiary/aromatic N) is 3. The van der Waals surface area contributed by atoms with E-state index in [4.69, 9.17) is 4.74 Å². The number of ether oxygens (including phenoxy) is 1. The standard InChI is InChI=1S/C11H16BrN3O/c1-8-5-15(6-11(2,3)16-8)10-4-9(12)13-7-14-10/h4,7-8H,5-6H2,1-3H3. The second-order valence-electron chi connectivity index (χ2n) is 4.77. The first-order chi connectivity index (χ1) is 7.46. The van der Waals surface area contributed by atoms with E-state index in [0.29, 0.717) is 0 Å². The monoisotopic (exact) mass is 285 g/mol. The molecule has 1 aliphatic heterocycles. The maximum atomic E-state index is 5.86. The fraction of sp³-hybridized carbons (Fsp3) is 0.636. The minimum atomic E-state index is -0.130. The molecular weight excluding hydrogens is 270 g/mol. The van der Waals surface area contributed by atoms with Gasteiger partial charge in [0.15, 0.2) is 0 Å². The van der Waals surface area contributed by atoms with E-state index in [1.54, 1.807) is 6.33 Å². The quantitative estimate of drug-likeness (QED) is 0.742. The average Bonchev–Trinajstić information content (AvgIpc) is 2.14. The number of hydrogen-bond acceptors (Lipinski definition) is 4. The van der Waals surface area contributed by atoms with Gasteiger partial charge in [0.05, 0.1) is 11.7 Å². The van der Waals surface area contributed by atoms with E-state index in [0.717, 1.165) is 23.5 Å². The zero-order chi connectivity index (χ0) is 11.8. The number of aromatic nitrogens is 2. The molecule has 1 saturated heterocycles. The molecule has 1 atom stereocenters. The van der Waals surface area contributed by atoms with Crippen molar-refractivity contribution >= 4 is 21.7 Å². The third kappa shape index (κ3) is 2.71. The van der Waals surface area contributed by atoms with Gasteiger partial charge in [-0.05, 0) is 36.7 Å². The Morgan fingerprint density at radius 2 is 2.25 bits per heavy atom. The van der Waals surface area contributed by atoms with Crippen molar-refractivity contribution in [2.75, 3.05) is 18.0 Å². The van der Waals surface area contributed by atoms with Crippen molar-refractivity contribution in [3.8, 4) is 0 Å². The Balaban J connectivity index is 2.21. The molecule has 88 valence electrons. The topological polar surface area (TPSA) is 38.2 Å². The highest BCUT2D eigenvalue weighted by atomic mass is 79.9. The highest BCUT2D eigenvalue weighted by Crippen LogP contribution is 2.25. The molecule has 1 fully saturated rings. The molecular formula is C11H16BrN3O. The number of morpholine rings is 1. The Morgan fingerprint density at radius 3 is 2.88 bits per heavy atom. The van der Waals surface area contributed by atoms with Gasteiger partial charge in [-0.25, -0.2) is 9.97 Å².